The number of nitrogens with one attached hydrogen (secondary N) is 2. The number of anilines is 2. The lowest BCUT2D eigenvalue weighted by atomic mass is 10.1. The Hall–Kier alpha value is -3.19. The summed E-state index contributed by atoms with van der Waals surface area (Å²) in [5, 5.41) is 2.82. The van der Waals surface area contributed by atoms with E-state index in [-0.39, 0.29) is 16.4 Å². The van der Waals surface area contributed by atoms with Crippen LogP contribution in [0.15, 0.2) is 71.6 Å². The summed E-state index contributed by atoms with van der Waals surface area (Å²) < 4.78 is 40.7. The van der Waals surface area contributed by atoms with Crippen LogP contribution in [-0.4, -0.2) is 14.3 Å². The molecule has 3 aromatic rings. The molecule has 0 radical (unpaired) electrons. The topological polar surface area (TPSA) is 75.3 Å². The summed E-state index contributed by atoms with van der Waals surface area (Å²) >= 11 is 0. The lowest BCUT2D eigenvalue weighted by Crippen LogP contribution is -2.15. The van der Waals surface area contributed by atoms with Crippen molar-refractivity contribution in [3.8, 4) is 0 Å². The predicted molar refractivity (Wildman–Crippen MR) is 108 cm³/mol. The van der Waals surface area contributed by atoms with Gasteiger partial charge in [-0.15, -0.1) is 0 Å². The molecule has 28 heavy (non-hydrogen) atoms. The molecule has 0 saturated heterocycles. The molecule has 0 spiro atoms. The molecule has 0 atom stereocenters. The molecular formula is C21H19FN2O3S. The second-order valence-corrected chi connectivity index (χ2v) is 8.05. The van der Waals surface area contributed by atoms with Crippen LogP contribution in [0.1, 0.15) is 21.5 Å². The van der Waals surface area contributed by atoms with Gasteiger partial charge in [0.1, 0.15) is 5.82 Å². The number of carbonyl (C=O) groups excluding carboxylic acids is 1. The summed E-state index contributed by atoms with van der Waals surface area (Å²) in [6, 6.07) is 17.1. The van der Waals surface area contributed by atoms with Crippen molar-refractivity contribution in [2.24, 2.45) is 0 Å². The van der Waals surface area contributed by atoms with E-state index in [1.165, 1.54) is 43.3 Å². The first kappa shape index (κ1) is 19.6. The lowest BCUT2D eigenvalue weighted by Gasteiger charge is -2.11. The van der Waals surface area contributed by atoms with E-state index in [1.54, 1.807) is 6.07 Å². The van der Waals surface area contributed by atoms with Gasteiger partial charge in [-0.05, 0) is 73.5 Å². The minimum atomic E-state index is -3.86. The summed E-state index contributed by atoms with van der Waals surface area (Å²) in [6.45, 7) is 3.39. The molecule has 3 aromatic carbocycles. The molecule has 0 fully saturated rings. The Bertz CT molecular complexity index is 1130. The maximum absolute atomic E-state index is 13.4. The van der Waals surface area contributed by atoms with Crippen LogP contribution >= 0.6 is 0 Å². The number of aryl methyl sites for hydroxylation is 2. The number of sulfonamides is 1. The van der Waals surface area contributed by atoms with Crippen molar-refractivity contribution in [3.63, 3.8) is 0 Å². The van der Waals surface area contributed by atoms with Crippen molar-refractivity contribution in [2.75, 3.05) is 10.0 Å². The number of hydrogen-bond acceptors (Lipinski definition) is 3. The van der Waals surface area contributed by atoms with Crippen LogP contribution in [0, 0.1) is 19.7 Å². The number of benzene rings is 3. The molecule has 5 nitrogen and oxygen atoms in total. The average Bonchev–Trinajstić information content (AvgIpc) is 2.66. The fourth-order valence-electron chi connectivity index (χ4n) is 2.60. The average molecular weight is 398 g/mol. The van der Waals surface area contributed by atoms with Gasteiger partial charge in [-0.3, -0.25) is 9.52 Å². The van der Waals surface area contributed by atoms with Gasteiger partial charge in [0.2, 0.25) is 0 Å². The molecule has 0 aliphatic rings. The van der Waals surface area contributed by atoms with Crippen LogP contribution in [0.2, 0.25) is 0 Å². The first-order valence-corrected chi connectivity index (χ1v) is 10.0. The number of carbonyl (C=O) groups is 1. The Morgan fingerprint density at radius 1 is 0.893 bits per heavy atom. The van der Waals surface area contributed by atoms with Crippen LogP contribution in [0.25, 0.3) is 0 Å². The third-order valence-electron chi connectivity index (χ3n) is 4.23. The van der Waals surface area contributed by atoms with Crippen molar-refractivity contribution in [1.82, 2.24) is 0 Å². The Balaban J connectivity index is 1.74. The van der Waals surface area contributed by atoms with Crippen molar-refractivity contribution >= 4 is 27.3 Å². The quantitative estimate of drug-likeness (QED) is 0.665. The molecule has 0 aromatic heterocycles. The Labute approximate surface area is 163 Å². The maximum Gasteiger partial charge on any atom is 0.261 e. The highest BCUT2D eigenvalue weighted by atomic mass is 32.2. The van der Waals surface area contributed by atoms with Crippen LogP contribution in [0.4, 0.5) is 15.8 Å². The van der Waals surface area contributed by atoms with Crippen LogP contribution in [0.3, 0.4) is 0 Å². The molecule has 0 bridgehead atoms. The zero-order valence-corrected chi connectivity index (χ0v) is 16.2. The summed E-state index contributed by atoms with van der Waals surface area (Å²) in [5.74, 6) is -0.763. The fourth-order valence-corrected chi connectivity index (χ4v) is 3.74. The van der Waals surface area contributed by atoms with Crippen LogP contribution < -0.4 is 10.0 Å². The zero-order valence-electron chi connectivity index (χ0n) is 15.4. The van der Waals surface area contributed by atoms with E-state index < -0.39 is 15.8 Å². The monoisotopic (exact) mass is 398 g/mol. The van der Waals surface area contributed by atoms with E-state index >= 15 is 0 Å². The number of halogens is 1. The van der Waals surface area contributed by atoms with Crippen molar-refractivity contribution < 1.29 is 17.6 Å². The third kappa shape index (κ3) is 4.37. The van der Waals surface area contributed by atoms with E-state index in [2.05, 4.69) is 10.0 Å². The predicted octanol–water partition coefficient (Wildman–Crippen LogP) is 4.50. The van der Waals surface area contributed by atoms with Gasteiger partial charge in [0, 0.05) is 16.9 Å². The summed E-state index contributed by atoms with van der Waals surface area (Å²) in [7, 11) is -3.86. The van der Waals surface area contributed by atoms with Gasteiger partial charge in [0.15, 0.2) is 0 Å². The van der Waals surface area contributed by atoms with Crippen molar-refractivity contribution in [1.29, 1.82) is 0 Å². The molecule has 0 aliphatic heterocycles. The SMILES string of the molecule is Cc1cc(S(=O)(=O)Nc2ccc(C(=O)Nc3ccccc3C)cc2)ccc1F. The van der Waals surface area contributed by atoms with E-state index in [4.69, 9.17) is 0 Å². The van der Waals surface area contributed by atoms with E-state index in [0.29, 0.717) is 16.9 Å². The minimum Gasteiger partial charge on any atom is -0.322 e. The molecule has 0 heterocycles. The summed E-state index contributed by atoms with van der Waals surface area (Å²) in [6.07, 6.45) is 0. The van der Waals surface area contributed by atoms with Gasteiger partial charge < -0.3 is 5.32 Å². The van der Waals surface area contributed by atoms with Crippen molar-refractivity contribution in [3.05, 3.63) is 89.2 Å². The Morgan fingerprint density at radius 2 is 1.57 bits per heavy atom. The second-order valence-electron chi connectivity index (χ2n) is 6.36. The molecule has 7 heteroatoms. The molecule has 3 rings (SSSR count). The smallest absolute Gasteiger partial charge is 0.261 e. The van der Waals surface area contributed by atoms with Crippen LogP contribution in [-0.2, 0) is 10.0 Å². The molecule has 0 saturated carbocycles. The summed E-state index contributed by atoms with van der Waals surface area (Å²) in [5.41, 5.74) is 2.59. The second kappa shape index (κ2) is 7.82. The van der Waals surface area contributed by atoms with E-state index in [1.807, 2.05) is 25.1 Å². The molecule has 1 amide bonds. The summed E-state index contributed by atoms with van der Waals surface area (Å²) in [4.78, 5) is 12.3. The maximum atomic E-state index is 13.4. The third-order valence-corrected chi connectivity index (χ3v) is 5.61. The van der Waals surface area contributed by atoms with E-state index in [0.717, 1.165) is 11.6 Å². The number of amides is 1. The van der Waals surface area contributed by atoms with E-state index in [9.17, 15) is 17.6 Å². The number of para-hydroxylation sites is 1. The Morgan fingerprint density at radius 3 is 2.21 bits per heavy atom. The van der Waals surface area contributed by atoms with Gasteiger partial charge in [0.05, 0.1) is 4.90 Å². The van der Waals surface area contributed by atoms with Gasteiger partial charge in [-0.2, -0.15) is 0 Å². The van der Waals surface area contributed by atoms with Crippen LogP contribution in [0.5, 0.6) is 0 Å². The highest BCUT2D eigenvalue weighted by molar-refractivity contribution is 7.92. The molecule has 0 unspecified atom stereocenters. The molecule has 2 N–H and O–H groups in total. The molecule has 0 aliphatic carbocycles. The molecule has 144 valence electrons. The van der Waals surface area contributed by atoms with Gasteiger partial charge >= 0.3 is 0 Å². The highest BCUT2D eigenvalue weighted by Gasteiger charge is 2.16. The van der Waals surface area contributed by atoms with Gasteiger partial charge in [-0.25, -0.2) is 12.8 Å². The minimum absolute atomic E-state index is 0.0345. The normalized spacial score (nSPS) is 11.1. The standard InChI is InChI=1S/C21H19FN2O3S/c1-14-5-3-4-6-20(14)23-21(25)16-7-9-17(10-8-16)24-28(26,27)18-11-12-19(22)15(2)13-18/h3-13,24H,1-2H3,(H,23,25). The fraction of sp³-hybridized carbons (Fsp3) is 0.0952. The first-order chi connectivity index (χ1) is 13.3. The zero-order chi connectivity index (χ0) is 20.3. The van der Waals surface area contributed by atoms with Gasteiger partial charge in [0.25, 0.3) is 15.9 Å². The first-order valence-electron chi connectivity index (χ1n) is 8.52. The lowest BCUT2D eigenvalue weighted by molar-refractivity contribution is 0.102. The largest absolute Gasteiger partial charge is 0.322 e. The highest BCUT2D eigenvalue weighted by Crippen LogP contribution is 2.20. The Kier molecular flexibility index (Phi) is 5.46. The van der Waals surface area contributed by atoms with Gasteiger partial charge in [-0.1, -0.05) is 18.2 Å². The molecular weight excluding hydrogens is 379 g/mol. The number of rotatable bonds is 5. The van der Waals surface area contributed by atoms with Crippen molar-refractivity contribution in [2.45, 2.75) is 18.7 Å². The number of hydrogen-bond donors (Lipinski definition) is 2.